The third-order valence-corrected chi connectivity index (χ3v) is 4.43. The van der Waals surface area contributed by atoms with Crippen LogP contribution in [0.15, 0.2) is 24.3 Å². The van der Waals surface area contributed by atoms with Crippen LogP contribution in [0.2, 0.25) is 0 Å². The van der Waals surface area contributed by atoms with Crippen LogP contribution in [0.3, 0.4) is 0 Å². The van der Waals surface area contributed by atoms with E-state index in [0.717, 1.165) is 18.5 Å². The Bertz CT molecular complexity index is 372. The minimum Gasteiger partial charge on any atom is -0.314 e. The molecular weight excluding hydrogens is 230 g/mol. The predicted octanol–water partition coefficient (Wildman–Crippen LogP) is 4.66. The van der Waals surface area contributed by atoms with E-state index in [4.69, 9.17) is 0 Å². The molecule has 0 fully saturated rings. The topological polar surface area (TPSA) is 12.0 Å². The molecule has 0 heterocycles. The normalized spacial score (nSPS) is 18.7. The second-order valence-electron chi connectivity index (χ2n) is 5.94. The fraction of sp³-hybridized carbons (Fsp3) is 0.667. The third kappa shape index (κ3) is 4.07. The molecule has 1 aliphatic rings. The van der Waals surface area contributed by atoms with Crippen molar-refractivity contribution in [1.82, 2.24) is 5.32 Å². The SMILES string of the molecule is CCCCCCC(CC1Cc2ccccc21)NCC. The molecule has 1 aliphatic carbocycles. The first-order valence-corrected chi connectivity index (χ1v) is 8.16. The number of hydrogen-bond donors (Lipinski definition) is 1. The number of nitrogens with one attached hydrogen (secondary N) is 1. The van der Waals surface area contributed by atoms with E-state index in [9.17, 15) is 0 Å². The molecule has 1 aromatic carbocycles. The van der Waals surface area contributed by atoms with E-state index >= 15 is 0 Å². The zero-order valence-corrected chi connectivity index (χ0v) is 12.6. The molecule has 1 N–H and O–H groups in total. The number of unbranched alkanes of at least 4 members (excludes halogenated alkanes) is 3. The second-order valence-corrected chi connectivity index (χ2v) is 5.94. The first kappa shape index (κ1) is 14.6. The molecule has 1 nitrogen and oxygen atoms in total. The molecule has 2 unspecified atom stereocenters. The molecule has 0 amide bonds. The van der Waals surface area contributed by atoms with Crippen LogP contribution >= 0.6 is 0 Å². The zero-order valence-electron chi connectivity index (χ0n) is 12.6. The first-order valence-electron chi connectivity index (χ1n) is 8.16. The van der Waals surface area contributed by atoms with Crippen molar-refractivity contribution in [3.63, 3.8) is 0 Å². The van der Waals surface area contributed by atoms with Crippen LogP contribution in [0, 0.1) is 0 Å². The van der Waals surface area contributed by atoms with Crippen molar-refractivity contribution >= 4 is 0 Å². The molecule has 2 atom stereocenters. The van der Waals surface area contributed by atoms with Crippen LogP contribution in [0.5, 0.6) is 0 Å². The molecule has 0 saturated carbocycles. The Morgan fingerprint density at radius 3 is 2.74 bits per heavy atom. The molecule has 0 saturated heterocycles. The van der Waals surface area contributed by atoms with E-state index in [2.05, 4.69) is 43.4 Å². The molecule has 0 aliphatic heterocycles. The fourth-order valence-electron chi connectivity index (χ4n) is 3.33. The lowest BCUT2D eigenvalue weighted by molar-refractivity contribution is 0.392. The lowest BCUT2D eigenvalue weighted by Gasteiger charge is -2.33. The molecule has 1 aromatic rings. The van der Waals surface area contributed by atoms with Crippen LogP contribution in [0.1, 0.15) is 69.4 Å². The highest BCUT2D eigenvalue weighted by atomic mass is 14.9. The summed E-state index contributed by atoms with van der Waals surface area (Å²) in [6.07, 6.45) is 9.50. The molecule has 0 aromatic heterocycles. The summed E-state index contributed by atoms with van der Waals surface area (Å²) in [6, 6.07) is 9.69. The van der Waals surface area contributed by atoms with E-state index in [-0.39, 0.29) is 0 Å². The standard InChI is InChI=1S/C18H29N/c1-3-5-6-7-11-17(19-4-2)14-16-13-15-10-8-9-12-18(15)16/h8-10,12,16-17,19H,3-7,11,13-14H2,1-2H3. The fourth-order valence-corrected chi connectivity index (χ4v) is 3.33. The van der Waals surface area contributed by atoms with Crippen molar-refractivity contribution in [3.8, 4) is 0 Å². The number of hydrogen-bond acceptors (Lipinski definition) is 1. The Balaban J connectivity index is 1.78. The summed E-state index contributed by atoms with van der Waals surface area (Å²) in [5.41, 5.74) is 3.19. The second kappa shape index (κ2) is 7.69. The van der Waals surface area contributed by atoms with Gasteiger partial charge in [-0.2, -0.15) is 0 Å². The minimum absolute atomic E-state index is 0.722. The summed E-state index contributed by atoms with van der Waals surface area (Å²) in [4.78, 5) is 0. The van der Waals surface area contributed by atoms with Gasteiger partial charge in [-0.15, -0.1) is 0 Å². The first-order chi connectivity index (χ1) is 9.35. The van der Waals surface area contributed by atoms with Gasteiger partial charge in [0.05, 0.1) is 0 Å². The molecule has 0 spiro atoms. The molecule has 0 radical (unpaired) electrons. The molecule has 19 heavy (non-hydrogen) atoms. The number of fused-ring (bicyclic) bond motifs is 1. The minimum atomic E-state index is 0.722. The van der Waals surface area contributed by atoms with E-state index < -0.39 is 0 Å². The van der Waals surface area contributed by atoms with Gasteiger partial charge in [0.1, 0.15) is 0 Å². The van der Waals surface area contributed by atoms with Crippen LogP contribution < -0.4 is 5.32 Å². The van der Waals surface area contributed by atoms with Gasteiger partial charge >= 0.3 is 0 Å². The summed E-state index contributed by atoms with van der Waals surface area (Å²) in [5, 5.41) is 3.69. The Morgan fingerprint density at radius 1 is 1.16 bits per heavy atom. The van der Waals surface area contributed by atoms with Crippen molar-refractivity contribution in [2.75, 3.05) is 6.54 Å². The van der Waals surface area contributed by atoms with Gasteiger partial charge in [0, 0.05) is 6.04 Å². The highest BCUT2D eigenvalue weighted by Gasteiger charge is 2.27. The zero-order chi connectivity index (χ0) is 13.5. The van der Waals surface area contributed by atoms with Crippen molar-refractivity contribution in [2.45, 2.75) is 70.8 Å². The van der Waals surface area contributed by atoms with Crippen LogP contribution in [-0.2, 0) is 6.42 Å². The van der Waals surface area contributed by atoms with Gasteiger partial charge in [-0.25, -0.2) is 0 Å². The lowest BCUT2D eigenvalue weighted by atomic mass is 9.74. The molecule has 2 rings (SSSR count). The van der Waals surface area contributed by atoms with Crippen molar-refractivity contribution in [3.05, 3.63) is 35.4 Å². The molecule has 106 valence electrons. The number of rotatable bonds is 9. The Kier molecular flexibility index (Phi) is 5.91. The third-order valence-electron chi connectivity index (χ3n) is 4.43. The van der Waals surface area contributed by atoms with Gasteiger partial charge in [0.25, 0.3) is 0 Å². The van der Waals surface area contributed by atoms with Crippen LogP contribution in [0.25, 0.3) is 0 Å². The summed E-state index contributed by atoms with van der Waals surface area (Å²) < 4.78 is 0. The molecule has 0 bridgehead atoms. The van der Waals surface area contributed by atoms with E-state index in [0.29, 0.717) is 0 Å². The average molecular weight is 259 g/mol. The Morgan fingerprint density at radius 2 is 2.00 bits per heavy atom. The van der Waals surface area contributed by atoms with E-state index in [1.54, 1.807) is 11.1 Å². The monoisotopic (exact) mass is 259 g/mol. The van der Waals surface area contributed by atoms with Gasteiger partial charge in [0.15, 0.2) is 0 Å². The lowest BCUT2D eigenvalue weighted by Crippen LogP contribution is -2.33. The Hall–Kier alpha value is -0.820. The summed E-state index contributed by atoms with van der Waals surface area (Å²) >= 11 is 0. The van der Waals surface area contributed by atoms with Crippen LogP contribution in [0.4, 0.5) is 0 Å². The molecular formula is C18H29N. The van der Waals surface area contributed by atoms with E-state index in [1.807, 2.05) is 0 Å². The van der Waals surface area contributed by atoms with Crippen LogP contribution in [-0.4, -0.2) is 12.6 Å². The predicted molar refractivity (Wildman–Crippen MR) is 83.7 cm³/mol. The highest BCUT2D eigenvalue weighted by Crippen LogP contribution is 2.38. The highest BCUT2D eigenvalue weighted by molar-refractivity contribution is 5.39. The average Bonchev–Trinajstić information content (AvgIpc) is 2.40. The van der Waals surface area contributed by atoms with Gasteiger partial charge in [-0.3, -0.25) is 0 Å². The largest absolute Gasteiger partial charge is 0.314 e. The molecule has 1 heteroatoms. The summed E-state index contributed by atoms with van der Waals surface area (Å²) in [7, 11) is 0. The maximum Gasteiger partial charge on any atom is 0.00728 e. The maximum atomic E-state index is 3.69. The quantitative estimate of drug-likeness (QED) is 0.636. The van der Waals surface area contributed by atoms with Crippen molar-refractivity contribution in [2.24, 2.45) is 0 Å². The van der Waals surface area contributed by atoms with Gasteiger partial charge in [-0.1, -0.05) is 63.8 Å². The summed E-state index contributed by atoms with van der Waals surface area (Å²) in [6.45, 7) is 5.62. The van der Waals surface area contributed by atoms with Crippen molar-refractivity contribution in [1.29, 1.82) is 0 Å². The Labute approximate surface area is 118 Å². The van der Waals surface area contributed by atoms with E-state index in [1.165, 1.54) is 44.9 Å². The van der Waals surface area contributed by atoms with Gasteiger partial charge in [0.2, 0.25) is 0 Å². The van der Waals surface area contributed by atoms with Gasteiger partial charge < -0.3 is 5.32 Å². The van der Waals surface area contributed by atoms with Gasteiger partial charge in [-0.05, 0) is 42.9 Å². The van der Waals surface area contributed by atoms with Crippen molar-refractivity contribution < 1.29 is 0 Å². The smallest absolute Gasteiger partial charge is 0.00728 e. The number of benzene rings is 1. The maximum absolute atomic E-state index is 3.69. The summed E-state index contributed by atoms with van der Waals surface area (Å²) in [5.74, 6) is 0.812.